The minimum absolute atomic E-state index is 0.153. The Bertz CT molecular complexity index is 528. The summed E-state index contributed by atoms with van der Waals surface area (Å²) >= 11 is 14.6. The van der Waals surface area contributed by atoms with Gasteiger partial charge in [-0.1, -0.05) is 61.5 Å². The van der Waals surface area contributed by atoms with Crippen molar-refractivity contribution in [3.63, 3.8) is 0 Å². The zero-order valence-electron chi connectivity index (χ0n) is 12.8. The molecule has 2 unspecified atom stereocenters. The van der Waals surface area contributed by atoms with Crippen LogP contribution in [0.25, 0.3) is 0 Å². The zero-order valence-corrected chi connectivity index (χ0v) is 15.1. The topological polar surface area (TPSA) is 17.8 Å². The van der Waals surface area contributed by atoms with E-state index in [1.165, 1.54) is 31.2 Å². The molecule has 0 spiro atoms. The molecule has 0 saturated heterocycles. The Morgan fingerprint density at radius 2 is 1.95 bits per heavy atom. The van der Waals surface area contributed by atoms with Crippen molar-refractivity contribution < 1.29 is 0 Å². The maximum Gasteiger partial charge on any atom is 0.125 e. The third kappa shape index (κ3) is 5.22. The molecule has 0 saturated carbocycles. The van der Waals surface area contributed by atoms with Crippen molar-refractivity contribution in [3.05, 3.63) is 53.6 Å². The van der Waals surface area contributed by atoms with E-state index in [1.54, 1.807) is 12.5 Å². The molecular weight excluding hydrogens is 335 g/mol. The number of hydrogen-bond acceptors (Lipinski definition) is 2. The summed E-state index contributed by atoms with van der Waals surface area (Å²) in [6.45, 7) is 2.23. The molecule has 0 bridgehead atoms. The van der Waals surface area contributed by atoms with Gasteiger partial charge in [0.05, 0.1) is 11.6 Å². The minimum Gasteiger partial charge on any atom is -0.319 e. The summed E-state index contributed by atoms with van der Waals surface area (Å²) in [5, 5.41) is 0.943. The summed E-state index contributed by atoms with van der Waals surface area (Å²) in [6, 6.07) is 7.99. The van der Waals surface area contributed by atoms with E-state index in [4.69, 9.17) is 23.2 Å². The van der Waals surface area contributed by atoms with Crippen LogP contribution in [0.1, 0.15) is 48.9 Å². The number of halogens is 2. The predicted molar refractivity (Wildman–Crippen MR) is 97.9 cm³/mol. The quantitative estimate of drug-likeness (QED) is 0.385. The van der Waals surface area contributed by atoms with Gasteiger partial charge in [-0.15, -0.1) is 0 Å². The van der Waals surface area contributed by atoms with Gasteiger partial charge in [-0.05, 0) is 29.9 Å². The number of hydrogen-bond donors (Lipinski definition) is 0. The number of benzene rings is 1. The molecule has 2 nitrogen and oxygen atoms in total. The van der Waals surface area contributed by atoms with Crippen molar-refractivity contribution >= 4 is 35.0 Å². The molecule has 120 valence electrons. The highest BCUT2D eigenvalue weighted by Gasteiger charge is 2.22. The highest BCUT2D eigenvalue weighted by atomic mass is 35.5. The monoisotopic (exact) mass is 356 g/mol. The van der Waals surface area contributed by atoms with Crippen LogP contribution in [-0.2, 0) is 0 Å². The fourth-order valence-corrected chi connectivity index (χ4v) is 4.18. The van der Waals surface area contributed by atoms with Gasteiger partial charge >= 0.3 is 0 Å². The molecule has 0 radical (unpaired) electrons. The molecule has 1 aromatic heterocycles. The maximum absolute atomic E-state index is 6.70. The number of rotatable bonds is 9. The van der Waals surface area contributed by atoms with E-state index in [1.807, 2.05) is 34.7 Å². The molecule has 0 fully saturated rings. The first kappa shape index (κ1) is 17.7. The summed E-state index contributed by atoms with van der Waals surface area (Å²) in [4.78, 5) is 4.10. The van der Waals surface area contributed by atoms with Gasteiger partial charge in [0.2, 0.25) is 0 Å². The lowest BCUT2D eigenvalue weighted by Gasteiger charge is -2.23. The Labute approximate surface area is 147 Å². The number of unbranched alkanes of at least 4 members (excludes halogenated alkanes) is 3. The van der Waals surface area contributed by atoms with Crippen LogP contribution in [-0.4, -0.2) is 15.3 Å². The van der Waals surface area contributed by atoms with Gasteiger partial charge in [0, 0.05) is 17.4 Å². The molecule has 1 heterocycles. The average molecular weight is 357 g/mol. The highest BCUT2D eigenvalue weighted by Crippen LogP contribution is 2.41. The van der Waals surface area contributed by atoms with Crippen molar-refractivity contribution in [2.45, 2.75) is 43.4 Å². The molecule has 5 heteroatoms. The zero-order chi connectivity index (χ0) is 15.8. The molecule has 2 atom stereocenters. The van der Waals surface area contributed by atoms with Crippen molar-refractivity contribution in [2.24, 2.45) is 0 Å². The summed E-state index contributed by atoms with van der Waals surface area (Å²) in [5.41, 5.74) is 1.05. The normalized spacial score (nSPS) is 14.0. The van der Waals surface area contributed by atoms with Gasteiger partial charge in [0.1, 0.15) is 5.50 Å². The third-order valence-electron chi connectivity index (χ3n) is 3.55. The first-order valence-electron chi connectivity index (χ1n) is 7.71. The average Bonchev–Trinajstić information content (AvgIpc) is 3.06. The van der Waals surface area contributed by atoms with E-state index >= 15 is 0 Å². The van der Waals surface area contributed by atoms with Crippen molar-refractivity contribution in [1.82, 2.24) is 9.55 Å². The molecule has 22 heavy (non-hydrogen) atoms. The first-order valence-corrected chi connectivity index (χ1v) is 9.57. The van der Waals surface area contributed by atoms with Gasteiger partial charge in [0.25, 0.3) is 0 Å². The van der Waals surface area contributed by atoms with Crippen LogP contribution in [0.15, 0.2) is 43.0 Å². The summed E-state index contributed by atoms with van der Waals surface area (Å²) < 4.78 is 1.96. The van der Waals surface area contributed by atoms with Crippen LogP contribution >= 0.6 is 35.0 Å². The Kier molecular flexibility index (Phi) is 7.64. The van der Waals surface area contributed by atoms with Gasteiger partial charge in [-0.3, -0.25) is 0 Å². The van der Waals surface area contributed by atoms with E-state index < -0.39 is 0 Å². The molecule has 2 rings (SSSR count). The maximum atomic E-state index is 6.70. The molecule has 0 N–H and O–H groups in total. The van der Waals surface area contributed by atoms with Crippen LogP contribution in [0.2, 0.25) is 5.02 Å². The van der Waals surface area contributed by atoms with Crippen LogP contribution in [0, 0.1) is 0 Å². The fraction of sp³-hybridized carbons (Fsp3) is 0.471. The molecule has 0 aliphatic heterocycles. The number of aromatic nitrogens is 2. The molecule has 1 aromatic carbocycles. The lowest BCUT2D eigenvalue weighted by atomic mass is 10.1. The summed E-state index contributed by atoms with van der Waals surface area (Å²) in [6.07, 6.45) is 10.5. The standard InChI is InChI=1S/C17H22Cl2N2S/c1-2-3-4-5-12-22-16(14-6-8-15(18)9-7-14)17(19)21-11-10-20-13-21/h6-11,13,16-17H,2-5,12H2,1H3. The van der Waals surface area contributed by atoms with E-state index in [-0.39, 0.29) is 10.8 Å². The van der Waals surface area contributed by atoms with E-state index in [2.05, 4.69) is 24.0 Å². The number of nitrogens with zero attached hydrogens (tertiary/aromatic N) is 2. The largest absolute Gasteiger partial charge is 0.319 e. The van der Waals surface area contributed by atoms with E-state index in [0.717, 1.165) is 10.8 Å². The van der Waals surface area contributed by atoms with Gasteiger partial charge in [0.15, 0.2) is 0 Å². The van der Waals surface area contributed by atoms with Crippen molar-refractivity contribution in [1.29, 1.82) is 0 Å². The number of thioether (sulfide) groups is 1. The van der Waals surface area contributed by atoms with Gasteiger partial charge < -0.3 is 4.57 Å². The van der Waals surface area contributed by atoms with Gasteiger partial charge in [-0.25, -0.2) is 4.98 Å². The molecule has 0 amide bonds. The fourth-order valence-electron chi connectivity index (χ4n) is 2.30. The van der Waals surface area contributed by atoms with Crippen molar-refractivity contribution in [2.75, 3.05) is 5.75 Å². The predicted octanol–water partition coefficient (Wildman–Crippen LogP) is 6.33. The van der Waals surface area contributed by atoms with Gasteiger partial charge in [-0.2, -0.15) is 11.8 Å². The Hall–Kier alpha value is -0.640. The summed E-state index contributed by atoms with van der Waals surface area (Å²) in [7, 11) is 0. The highest BCUT2D eigenvalue weighted by molar-refractivity contribution is 7.99. The number of alkyl halides is 1. The molecular formula is C17H22Cl2N2S. The van der Waals surface area contributed by atoms with Crippen LogP contribution in [0.3, 0.4) is 0 Å². The van der Waals surface area contributed by atoms with Crippen LogP contribution in [0.5, 0.6) is 0 Å². The Balaban J connectivity index is 2.05. The Morgan fingerprint density at radius 3 is 2.59 bits per heavy atom. The van der Waals surface area contributed by atoms with E-state index in [0.29, 0.717) is 0 Å². The first-order chi connectivity index (χ1) is 10.7. The molecule has 0 aliphatic rings. The molecule has 0 aliphatic carbocycles. The second-order valence-electron chi connectivity index (χ2n) is 5.29. The number of imidazole rings is 1. The minimum atomic E-state index is -0.153. The summed E-state index contributed by atoms with van der Waals surface area (Å²) in [5.74, 6) is 1.12. The second kappa shape index (κ2) is 9.49. The lowest BCUT2D eigenvalue weighted by Crippen LogP contribution is -2.10. The van der Waals surface area contributed by atoms with Crippen molar-refractivity contribution in [3.8, 4) is 0 Å². The van der Waals surface area contributed by atoms with E-state index in [9.17, 15) is 0 Å². The van der Waals surface area contributed by atoms with Crippen LogP contribution in [0.4, 0.5) is 0 Å². The molecule has 2 aromatic rings. The SMILES string of the molecule is CCCCCCSC(c1ccc(Cl)cc1)C(Cl)n1ccnc1. The third-order valence-corrected chi connectivity index (χ3v) is 5.85. The second-order valence-corrected chi connectivity index (χ2v) is 7.42. The van der Waals surface area contributed by atoms with Crippen LogP contribution < -0.4 is 0 Å². The smallest absolute Gasteiger partial charge is 0.125 e. The Morgan fingerprint density at radius 1 is 1.18 bits per heavy atom. The lowest BCUT2D eigenvalue weighted by molar-refractivity contribution is 0.648.